The molecule has 0 aliphatic rings. The van der Waals surface area contributed by atoms with Crippen LogP contribution in [0.3, 0.4) is 0 Å². The molecule has 3 N–H and O–H groups in total. The number of carboxylic acids is 1. The lowest BCUT2D eigenvalue weighted by molar-refractivity contribution is -0.137. The summed E-state index contributed by atoms with van der Waals surface area (Å²) in [5, 5.41) is 13.6. The van der Waals surface area contributed by atoms with Crippen LogP contribution in [0, 0.1) is 0 Å². The van der Waals surface area contributed by atoms with Crippen LogP contribution in [0.4, 0.5) is 4.79 Å². The van der Waals surface area contributed by atoms with E-state index in [1.165, 1.54) is 0 Å². The lowest BCUT2D eigenvalue weighted by atomic mass is 10.2. The van der Waals surface area contributed by atoms with E-state index in [4.69, 9.17) is 5.11 Å². The number of hydrogen-bond donors (Lipinski definition) is 3. The molecule has 0 heterocycles. The SMILES string of the molecule is C=CCCNC(=O)NCCCCC(=O)O. The molecule has 0 unspecified atom stereocenters. The van der Waals surface area contributed by atoms with E-state index < -0.39 is 5.97 Å². The van der Waals surface area contributed by atoms with Crippen LogP contribution in [0.5, 0.6) is 0 Å². The second kappa shape index (κ2) is 9.05. The Morgan fingerprint density at radius 3 is 2.47 bits per heavy atom. The molecule has 0 aliphatic heterocycles. The molecular weight excluding hydrogens is 196 g/mol. The van der Waals surface area contributed by atoms with Gasteiger partial charge in [0, 0.05) is 19.5 Å². The fourth-order valence-corrected chi connectivity index (χ4v) is 0.953. The Labute approximate surface area is 89.6 Å². The molecule has 0 aliphatic carbocycles. The second-order valence-corrected chi connectivity index (χ2v) is 3.11. The van der Waals surface area contributed by atoms with Gasteiger partial charge in [0.25, 0.3) is 0 Å². The van der Waals surface area contributed by atoms with E-state index >= 15 is 0 Å². The van der Waals surface area contributed by atoms with Gasteiger partial charge in [-0.05, 0) is 19.3 Å². The van der Waals surface area contributed by atoms with Crippen molar-refractivity contribution in [3.63, 3.8) is 0 Å². The van der Waals surface area contributed by atoms with E-state index in [1.807, 2.05) is 0 Å². The van der Waals surface area contributed by atoms with Gasteiger partial charge < -0.3 is 15.7 Å². The Balaban J connectivity index is 3.23. The number of amides is 2. The monoisotopic (exact) mass is 214 g/mol. The molecule has 0 atom stereocenters. The summed E-state index contributed by atoms with van der Waals surface area (Å²) in [7, 11) is 0. The number of carbonyl (C=O) groups is 2. The predicted molar refractivity (Wildman–Crippen MR) is 57.7 cm³/mol. The summed E-state index contributed by atoms with van der Waals surface area (Å²) in [6, 6.07) is -0.216. The van der Waals surface area contributed by atoms with Gasteiger partial charge in [-0.3, -0.25) is 4.79 Å². The molecule has 0 aromatic carbocycles. The maximum absolute atomic E-state index is 11.0. The minimum Gasteiger partial charge on any atom is -0.481 e. The minimum atomic E-state index is -0.801. The van der Waals surface area contributed by atoms with Crippen LogP contribution in [0.2, 0.25) is 0 Å². The van der Waals surface area contributed by atoms with Crippen molar-refractivity contribution in [2.45, 2.75) is 25.7 Å². The van der Waals surface area contributed by atoms with Crippen LogP contribution >= 0.6 is 0 Å². The van der Waals surface area contributed by atoms with Crippen LogP contribution in [0.25, 0.3) is 0 Å². The first-order valence-corrected chi connectivity index (χ1v) is 5.01. The summed E-state index contributed by atoms with van der Waals surface area (Å²) >= 11 is 0. The first-order chi connectivity index (χ1) is 7.16. The molecule has 0 bridgehead atoms. The van der Waals surface area contributed by atoms with Gasteiger partial charge in [0.1, 0.15) is 0 Å². The summed E-state index contributed by atoms with van der Waals surface area (Å²) < 4.78 is 0. The van der Waals surface area contributed by atoms with Crippen molar-refractivity contribution in [2.75, 3.05) is 13.1 Å². The van der Waals surface area contributed by atoms with E-state index in [0.29, 0.717) is 25.9 Å². The van der Waals surface area contributed by atoms with Gasteiger partial charge in [0.05, 0.1) is 0 Å². The van der Waals surface area contributed by atoms with Crippen LogP contribution in [-0.4, -0.2) is 30.2 Å². The lowest BCUT2D eigenvalue weighted by Gasteiger charge is -2.05. The molecular formula is C10H18N2O3. The first-order valence-electron chi connectivity index (χ1n) is 5.01. The van der Waals surface area contributed by atoms with Gasteiger partial charge in [0.15, 0.2) is 0 Å². The summed E-state index contributed by atoms with van der Waals surface area (Å²) in [6.07, 6.45) is 3.89. The Morgan fingerprint density at radius 2 is 1.87 bits per heavy atom. The van der Waals surface area contributed by atoms with Gasteiger partial charge in [0.2, 0.25) is 0 Å². The van der Waals surface area contributed by atoms with Gasteiger partial charge in [-0.15, -0.1) is 6.58 Å². The number of aliphatic carboxylic acids is 1. The molecule has 0 rings (SSSR count). The summed E-state index contributed by atoms with van der Waals surface area (Å²) in [5.41, 5.74) is 0. The zero-order valence-electron chi connectivity index (χ0n) is 8.79. The van der Waals surface area contributed by atoms with E-state index in [-0.39, 0.29) is 12.5 Å². The molecule has 5 heteroatoms. The highest BCUT2D eigenvalue weighted by atomic mass is 16.4. The molecule has 2 amide bonds. The molecule has 0 saturated heterocycles. The summed E-state index contributed by atoms with van der Waals surface area (Å²) in [6.45, 7) is 4.61. The summed E-state index contributed by atoms with van der Waals surface area (Å²) in [5.74, 6) is -0.801. The number of nitrogens with one attached hydrogen (secondary N) is 2. The number of carbonyl (C=O) groups excluding carboxylic acids is 1. The maximum atomic E-state index is 11.0. The van der Waals surface area contributed by atoms with Crippen LogP contribution < -0.4 is 10.6 Å². The van der Waals surface area contributed by atoms with Crippen LogP contribution in [0.1, 0.15) is 25.7 Å². The standard InChI is InChI=1S/C10H18N2O3/c1-2-3-7-11-10(15)12-8-5-4-6-9(13)14/h2H,1,3-8H2,(H,13,14)(H2,11,12,15). The van der Waals surface area contributed by atoms with Crippen LogP contribution in [0.15, 0.2) is 12.7 Å². The zero-order chi connectivity index (χ0) is 11.5. The number of unbranched alkanes of at least 4 members (excludes halogenated alkanes) is 1. The Bertz CT molecular complexity index is 217. The lowest BCUT2D eigenvalue weighted by Crippen LogP contribution is -2.36. The molecule has 5 nitrogen and oxygen atoms in total. The Morgan fingerprint density at radius 1 is 1.20 bits per heavy atom. The average Bonchev–Trinajstić information content (AvgIpc) is 2.17. The third kappa shape index (κ3) is 10.4. The topological polar surface area (TPSA) is 78.4 Å². The van der Waals surface area contributed by atoms with Gasteiger partial charge in [-0.1, -0.05) is 6.08 Å². The van der Waals surface area contributed by atoms with Gasteiger partial charge >= 0.3 is 12.0 Å². The average molecular weight is 214 g/mol. The van der Waals surface area contributed by atoms with Crippen molar-refractivity contribution in [2.24, 2.45) is 0 Å². The fourth-order valence-electron chi connectivity index (χ4n) is 0.953. The number of urea groups is 1. The number of carboxylic acid groups (broad SMARTS) is 1. The Kier molecular flexibility index (Phi) is 8.13. The highest BCUT2D eigenvalue weighted by molar-refractivity contribution is 5.73. The Hall–Kier alpha value is -1.52. The number of hydrogen-bond acceptors (Lipinski definition) is 2. The van der Waals surface area contributed by atoms with Crippen molar-refractivity contribution < 1.29 is 14.7 Å². The van der Waals surface area contributed by atoms with Gasteiger partial charge in [-0.25, -0.2) is 4.79 Å². The largest absolute Gasteiger partial charge is 0.481 e. The minimum absolute atomic E-state index is 0.153. The van der Waals surface area contributed by atoms with Crippen molar-refractivity contribution >= 4 is 12.0 Å². The molecule has 0 aromatic rings. The highest BCUT2D eigenvalue weighted by Crippen LogP contribution is 1.92. The molecule has 0 aromatic heterocycles. The second-order valence-electron chi connectivity index (χ2n) is 3.11. The van der Waals surface area contributed by atoms with E-state index in [9.17, 15) is 9.59 Å². The molecule has 15 heavy (non-hydrogen) atoms. The van der Waals surface area contributed by atoms with Crippen molar-refractivity contribution in [1.82, 2.24) is 10.6 Å². The molecule has 0 saturated carbocycles. The van der Waals surface area contributed by atoms with Crippen LogP contribution in [-0.2, 0) is 4.79 Å². The van der Waals surface area contributed by atoms with E-state index in [0.717, 1.165) is 6.42 Å². The quantitative estimate of drug-likeness (QED) is 0.418. The molecule has 86 valence electrons. The molecule has 0 spiro atoms. The van der Waals surface area contributed by atoms with Crippen molar-refractivity contribution in [1.29, 1.82) is 0 Å². The molecule has 0 fully saturated rings. The normalized spacial score (nSPS) is 9.33. The summed E-state index contributed by atoms with van der Waals surface area (Å²) in [4.78, 5) is 21.2. The fraction of sp³-hybridized carbons (Fsp3) is 0.600. The first kappa shape index (κ1) is 13.5. The van der Waals surface area contributed by atoms with Crippen molar-refractivity contribution in [3.05, 3.63) is 12.7 Å². The van der Waals surface area contributed by atoms with Gasteiger partial charge in [-0.2, -0.15) is 0 Å². The predicted octanol–water partition coefficient (Wildman–Crippen LogP) is 1.12. The smallest absolute Gasteiger partial charge is 0.314 e. The van der Waals surface area contributed by atoms with E-state index in [2.05, 4.69) is 17.2 Å². The zero-order valence-corrected chi connectivity index (χ0v) is 8.79. The molecule has 0 radical (unpaired) electrons. The third-order valence-electron chi connectivity index (χ3n) is 1.74. The maximum Gasteiger partial charge on any atom is 0.314 e. The number of rotatable bonds is 8. The third-order valence-corrected chi connectivity index (χ3v) is 1.74. The van der Waals surface area contributed by atoms with E-state index in [1.54, 1.807) is 6.08 Å². The highest BCUT2D eigenvalue weighted by Gasteiger charge is 1.99. The van der Waals surface area contributed by atoms with Crippen molar-refractivity contribution in [3.8, 4) is 0 Å².